The van der Waals surface area contributed by atoms with Crippen molar-refractivity contribution in [3.05, 3.63) is 54.1 Å². The van der Waals surface area contributed by atoms with Gasteiger partial charge >= 0.3 is 6.03 Å². The van der Waals surface area contributed by atoms with Crippen LogP contribution in [0, 0.1) is 0 Å². The molecule has 0 saturated carbocycles. The Bertz CT molecular complexity index is 1060. The molecule has 6 nitrogen and oxygen atoms in total. The fourth-order valence-corrected chi connectivity index (χ4v) is 5.73. The molecule has 1 aromatic heterocycles. The number of amides is 2. The topological polar surface area (TPSA) is 62.0 Å². The highest BCUT2D eigenvalue weighted by atomic mass is 32.1. The summed E-state index contributed by atoms with van der Waals surface area (Å²) >= 11 is 1.63. The van der Waals surface area contributed by atoms with E-state index in [0.717, 1.165) is 74.7 Å². The molecule has 2 aliphatic heterocycles. The molecule has 0 aliphatic carbocycles. The summed E-state index contributed by atoms with van der Waals surface area (Å²) in [6.07, 6.45) is 3.03. The summed E-state index contributed by atoms with van der Waals surface area (Å²) in [7, 11) is 0. The first kappa shape index (κ1) is 21.1. The highest BCUT2D eigenvalue weighted by Crippen LogP contribution is 2.33. The number of anilines is 2. The molecule has 0 unspecified atom stereocenters. The second-order valence-corrected chi connectivity index (χ2v) is 9.60. The number of ether oxygens (including phenoxy) is 1. The minimum atomic E-state index is -0.370. The third kappa shape index (κ3) is 4.54. The monoisotopic (exact) mass is 450 g/mol. The third-order valence-corrected chi connectivity index (χ3v) is 7.60. The van der Waals surface area contributed by atoms with Crippen LogP contribution in [-0.4, -0.2) is 56.8 Å². The van der Waals surface area contributed by atoms with Gasteiger partial charge in [0.05, 0.1) is 6.61 Å². The van der Waals surface area contributed by atoms with Crippen molar-refractivity contribution in [2.75, 3.05) is 55.7 Å². The zero-order valence-corrected chi connectivity index (χ0v) is 19.2. The van der Waals surface area contributed by atoms with Crippen molar-refractivity contribution >= 4 is 38.1 Å². The van der Waals surface area contributed by atoms with Crippen molar-refractivity contribution in [3.8, 4) is 5.75 Å². The molecule has 7 heteroatoms. The summed E-state index contributed by atoms with van der Waals surface area (Å²) in [6.45, 7) is 6.78. The minimum absolute atomic E-state index is 0.370. The predicted octanol–water partition coefficient (Wildman–Crippen LogP) is 4.32. The number of thiophene rings is 1. The van der Waals surface area contributed by atoms with Crippen molar-refractivity contribution in [1.82, 2.24) is 4.90 Å². The highest BCUT2D eigenvalue weighted by Gasteiger charge is 2.20. The van der Waals surface area contributed by atoms with Gasteiger partial charge in [-0.3, -0.25) is 9.80 Å². The fraction of sp³-hybridized carbons (Fsp3) is 0.400. The van der Waals surface area contributed by atoms with E-state index in [4.69, 9.17) is 10.5 Å². The molecule has 0 atom stereocenters. The lowest BCUT2D eigenvalue weighted by atomic mass is 10.1. The van der Waals surface area contributed by atoms with Crippen LogP contribution in [0.1, 0.15) is 18.4 Å². The molecule has 168 valence electrons. The zero-order chi connectivity index (χ0) is 21.9. The van der Waals surface area contributed by atoms with Crippen molar-refractivity contribution in [1.29, 1.82) is 0 Å². The van der Waals surface area contributed by atoms with Gasteiger partial charge in [0, 0.05) is 49.5 Å². The quantitative estimate of drug-likeness (QED) is 0.545. The molecular weight excluding hydrogens is 420 g/mol. The number of hydrogen-bond donors (Lipinski definition) is 1. The smallest absolute Gasteiger partial charge is 0.319 e. The van der Waals surface area contributed by atoms with E-state index in [1.165, 1.54) is 16.0 Å². The number of nitrogens with zero attached hydrogens (tertiary/aromatic N) is 3. The maximum atomic E-state index is 12.0. The first-order valence-electron chi connectivity index (χ1n) is 11.5. The van der Waals surface area contributed by atoms with Crippen LogP contribution in [0.4, 0.5) is 15.5 Å². The second kappa shape index (κ2) is 9.38. The van der Waals surface area contributed by atoms with Gasteiger partial charge in [-0.05, 0) is 60.7 Å². The number of nitrogens with two attached hydrogens (primary N) is 1. The lowest BCUT2D eigenvalue weighted by Gasteiger charge is -2.36. The molecule has 2 aliphatic rings. The van der Waals surface area contributed by atoms with E-state index in [1.54, 1.807) is 16.2 Å². The van der Waals surface area contributed by atoms with Gasteiger partial charge in [0.15, 0.2) is 0 Å². The largest absolute Gasteiger partial charge is 0.493 e. The summed E-state index contributed by atoms with van der Waals surface area (Å²) in [5.74, 6) is 1.05. The van der Waals surface area contributed by atoms with E-state index in [2.05, 4.69) is 46.2 Å². The summed E-state index contributed by atoms with van der Waals surface area (Å²) in [4.78, 5) is 18.8. The Balaban J connectivity index is 1.08. The summed E-state index contributed by atoms with van der Waals surface area (Å²) in [6, 6.07) is 16.5. The zero-order valence-electron chi connectivity index (χ0n) is 18.3. The Hall–Kier alpha value is -2.77. The van der Waals surface area contributed by atoms with E-state index in [1.807, 2.05) is 12.1 Å². The Morgan fingerprint density at radius 3 is 2.72 bits per heavy atom. The Morgan fingerprint density at radius 2 is 1.91 bits per heavy atom. The highest BCUT2D eigenvalue weighted by molar-refractivity contribution is 7.23. The third-order valence-electron chi connectivity index (χ3n) is 6.46. The fourth-order valence-electron chi connectivity index (χ4n) is 4.63. The lowest BCUT2D eigenvalue weighted by molar-refractivity contribution is 0.249. The van der Waals surface area contributed by atoms with Crippen molar-refractivity contribution in [3.63, 3.8) is 0 Å². The molecule has 3 aromatic rings. The van der Waals surface area contributed by atoms with E-state index >= 15 is 0 Å². The first-order chi connectivity index (χ1) is 15.7. The maximum Gasteiger partial charge on any atom is 0.319 e. The summed E-state index contributed by atoms with van der Waals surface area (Å²) in [5, 5.41) is 2.10. The average molecular weight is 451 g/mol. The summed E-state index contributed by atoms with van der Waals surface area (Å²) < 4.78 is 6.81. The number of piperazine rings is 1. The number of urea groups is 1. The predicted molar refractivity (Wildman–Crippen MR) is 132 cm³/mol. The molecule has 0 bridgehead atoms. The number of fused-ring (bicyclic) bond motifs is 2. The minimum Gasteiger partial charge on any atom is -0.493 e. The number of unbranched alkanes of at least 4 members (excludes halogenated alkanes) is 1. The molecule has 2 aromatic carbocycles. The Labute approximate surface area is 193 Å². The molecule has 0 spiro atoms. The average Bonchev–Trinajstić information content (AvgIpc) is 3.45. The molecule has 2 N–H and O–H groups in total. The van der Waals surface area contributed by atoms with Crippen molar-refractivity contribution in [2.24, 2.45) is 5.73 Å². The molecule has 3 heterocycles. The van der Waals surface area contributed by atoms with Crippen LogP contribution < -0.4 is 20.3 Å². The van der Waals surface area contributed by atoms with E-state index < -0.39 is 0 Å². The number of primary amides is 1. The normalized spacial score (nSPS) is 16.2. The van der Waals surface area contributed by atoms with Gasteiger partial charge in [0.1, 0.15) is 10.8 Å². The molecule has 5 rings (SSSR count). The van der Waals surface area contributed by atoms with Crippen molar-refractivity contribution in [2.45, 2.75) is 19.3 Å². The maximum absolute atomic E-state index is 12.0. The van der Waals surface area contributed by atoms with Gasteiger partial charge in [-0.15, -0.1) is 11.3 Å². The number of benzene rings is 2. The van der Waals surface area contributed by atoms with Gasteiger partial charge in [0.2, 0.25) is 0 Å². The molecule has 1 saturated heterocycles. The molecule has 2 amide bonds. The van der Waals surface area contributed by atoms with Gasteiger partial charge in [-0.1, -0.05) is 18.2 Å². The SMILES string of the molecule is NC(=O)N(CCCCN1CCN(c2ccc3c(c2)CCO3)CC1)c1cc2ccccc2s1. The van der Waals surface area contributed by atoms with E-state index in [9.17, 15) is 4.79 Å². The molecule has 32 heavy (non-hydrogen) atoms. The van der Waals surface area contributed by atoms with Gasteiger partial charge in [-0.2, -0.15) is 0 Å². The first-order valence-corrected chi connectivity index (χ1v) is 12.3. The van der Waals surface area contributed by atoms with Crippen LogP contribution in [0.3, 0.4) is 0 Å². The Kier molecular flexibility index (Phi) is 6.19. The van der Waals surface area contributed by atoms with Crippen LogP contribution in [0.2, 0.25) is 0 Å². The Morgan fingerprint density at radius 1 is 1.06 bits per heavy atom. The molecule has 1 fully saturated rings. The molecule has 0 radical (unpaired) electrons. The number of hydrogen-bond acceptors (Lipinski definition) is 5. The van der Waals surface area contributed by atoms with Crippen LogP contribution in [0.5, 0.6) is 5.75 Å². The van der Waals surface area contributed by atoms with E-state index in [0.29, 0.717) is 6.54 Å². The molecular formula is C25H30N4O2S. The van der Waals surface area contributed by atoms with Gasteiger partial charge < -0.3 is 15.4 Å². The lowest BCUT2D eigenvalue weighted by Crippen LogP contribution is -2.46. The van der Waals surface area contributed by atoms with Crippen molar-refractivity contribution < 1.29 is 9.53 Å². The van der Waals surface area contributed by atoms with Crippen LogP contribution >= 0.6 is 11.3 Å². The standard InChI is InChI=1S/C25H30N4O2S/c26-25(30)29(24-18-20-5-1-2-6-23(20)32-24)11-4-3-10-27-12-14-28(15-13-27)21-7-8-22-19(17-21)9-16-31-22/h1-2,5-8,17-18H,3-4,9-16H2,(H2,26,30). The van der Waals surface area contributed by atoms with Crippen LogP contribution in [0.15, 0.2) is 48.5 Å². The van der Waals surface area contributed by atoms with Crippen LogP contribution in [-0.2, 0) is 6.42 Å². The van der Waals surface area contributed by atoms with E-state index in [-0.39, 0.29) is 6.03 Å². The van der Waals surface area contributed by atoms with Gasteiger partial charge in [0.25, 0.3) is 0 Å². The summed E-state index contributed by atoms with van der Waals surface area (Å²) in [5.41, 5.74) is 8.34. The number of rotatable bonds is 7. The van der Waals surface area contributed by atoms with Gasteiger partial charge in [-0.25, -0.2) is 4.79 Å². The number of carbonyl (C=O) groups is 1. The second-order valence-electron chi connectivity index (χ2n) is 8.54. The van der Waals surface area contributed by atoms with Crippen LogP contribution in [0.25, 0.3) is 10.1 Å². The number of carbonyl (C=O) groups excluding carboxylic acids is 1.